The Morgan fingerprint density at radius 1 is 0.492 bits per heavy atom. The van der Waals surface area contributed by atoms with Gasteiger partial charge in [-0.25, -0.2) is 9.97 Å². The van der Waals surface area contributed by atoms with Crippen LogP contribution in [0.1, 0.15) is 80.5 Å². The first-order valence-corrected chi connectivity index (χ1v) is 22.1. The number of ether oxygens (including phenoxy) is 1. The molecule has 1 spiro atoms. The average Bonchev–Trinajstić information content (AvgIpc) is 3.98. The van der Waals surface area contributed by atoms with Crippen LogP contribution in [0.5, 0.6) is 11.5 Å². The van der Waals surface area contributed by atoms with Crippen LogP contribution in [0.25, 0.3) is 67.3 Å². The Morgan fingerprint density at radius 3 is 1.93 bits per heavy atom. The molecule has 2 fully saturated rings. The van der Waals surface area contributed by atoms with Gasteiger partial charge >= 0.3 is 0 Å². The molecule has 4 unspecified atom stereocenters. The lowest BCUT2D eigenvalue weighted by atomic mass is 9.66. The van der Waals surface area contributed by atoms with Gasteiger partial charge in [0.05, 0.1) is 11.4 Å². The van der Waals surface area contributed by atoms with Crippen LogP contribution in [0.2, 0.25) is 0 Å². The second kappa shape index (κ2) is 13.7. The van der Waals surface area contributed by atoms with Gasteiger partial charge < -0.3 is 4.74 Å². The Kier molecular flexibility index (Phi) is 8.16. The van der Waals surface area contributed by atoms with Crippen molar-refractivity contribution in [3.8, 4) is 78.8 Å². The summed E-state index contributed by atoms with van der Waals surface area (Å²) in [5.41, 5.74) is 18.2. The van der Waals surface area contributed by atoms with Gasteiger partial charge in [-0.2, -0.15) is 0 Å². The summed E-state index contributed by atoms with van der Waals surface area (Å²) in [5.74, 6) is 4.58. The highest BCUT2D eigenvalue weighted by Crippen LogP contribution is 2.72. The van der Waals surface area contributed by atoms with Crippen molar-refractivity contribution in [2.24, 2.45) is 11.3 Å². The van der Waals surface area contributed by atoms with E-state index in [0.29, 0.717) is 23.1 Å². The summed E-state index contributed by atoms with van der Waals surface area (Å²) in [7, 11) is 0. The lowest BCUT2D eigenvalue weighted by Gasteiger charge is -2.38. The van der Waals surface area contributed by atoms with Gasteiger partial charge in [-0.1, -0.05) is 160 Å². The molecule has 3 aliphatic carbocycles. The zero-order valence-corrected chi connectivity index (χ0v) is 35.0. The topological polar surface area (TPSA) is 35.0 Å². The number of hydrogen-bond acceptors (Lipinski definition) is 3. The second-order valence-corrected chi connectivity index (χ2v) is 18.8. The molecule has 2 heterocycles. The number of aromatic nitrogens is 2. The van der Waals surface area contributed by atoms with Gasteiger partial charge in [0.1, 0.15) is 11.5 Å². The Labute approximate surface area is 359 Å². The van der Waals surface area contributed by atoms with Crippen molar-refractivity contribution in [2.45, 2.75) is 63.7 Å². The Hall–Kier alpha value is -6.58. The molecule has 0 saturated heterocycles. The van der Waals surface area contributed by atoms with E-state index in [9.17, 15) is 0 Å². The summed E-state index contributed by atoms with van der Waals surface area (Å²) >= 11 is 0. The molecule has 1 aromatic heterocycles. The van der Waals surface area contributed by atoms with Crippen molar-refractivity contribution < 1.29 is 4.74 Å². The molecule has 8 aromatic rings. The molecule has 0 amide bonds. The fraction of sp³-hybridized carbons (Fsp3) is 0.207. The fourth-order valence-electron chi connectivity index (χ4n) is 11.6. The molecule has 2 bridgehead atoms. The number of nitrogens with zero attached hydrogens (tertiary/aromatic N) is 2. The molecule has 4 aliphatic rings. The summed E-state index contributed by atoms with van der Waals surface area (Å²) in [5, 5.41) is 0. The van der Waals surface area contributed by atoms with Gasteiger partial charge in [-0.15, -0.1) is 0 Å². The maximum atomic E-state index is 6.93. The zero-order chi connectivity index (χ0) is 40.9. The molecule has 296 valence electrons. The van der Waals surface area contributed by atoms with E-state index in [1.165, 1.54) is 64.6 Å². The van der Waals surface area contributed by atoms with Gasteiger partial charge in [0.25, 0.3) is 0 Å². The lowest BCUT2D eigenvalue weighted by Crippen LogP contribution is -2.24. The molecule has 2 saturated carbocycles. The van der Waals surface area contributed by atoms with Crippen LogP contribution in [0.3, 0.4) is 0 Å². The van der Waals surface area contributed by atoms with Crippen LogP contribution in [-0.4, -0.2) is 9.97 Å². The summed E-state index contributed by atoms with van der Waals surface area (Å²) in [6, 6.07) is 61.5. The normalized spacial score (nSPS) is 21.3. The largest absolute Gasteiger partial charge is 0.457 e. The molecule has 0 N–H and O–H groups in total. The van der Waals surface area contributed by atoms with E-state index in [-0.39, 0.29) is 5.41 Å². The number of benzene rings is 7. The number of hydrogen-bond donors (Lipinski definition) is 0. The van der Waals surface area contributed by atoms with Gasteiger partial charge in [0.15, 0.2) is 5.82 Å². The first-order chi connectivity index (χ1) is 29.8. The van der Waals surface area contributed by atoms with Gasteiger partial charge in [-0.3, -0.25) is 0 Å². The average molecular weight is 789 g/mol. The van der Waals surface area contributed by atoms with E-state index in [4.69, 9.17) is 14.7 Å². The van der Waals surface area contributed by atoms with Crippen LogP contribution < -0.4 is 4.74 Å². The van der Waals surface area contributed by atoms with Crippen molar-refractivity contribution in [2.75, 3.05) is 0 Å². The Morgan fingerprint density at radius 2 is 1.13 bits per heavy atom. The summed E-state index contributed by atoms with van der Waals surface area (Å²) in [6.45, 7) is 7.14. The van der Waals surface area contributed by atoms with E-state index in [2.05, 4.69) is 172 Å². The summed E-state index contributed by atoms with van der Waals surface area (Å²) in [6.07, 6.45) is 5.31. The zero-order valence-electron chi connectivity index (χ0n) is 35.0. The predicted molar refractivity (Wildman–Crippen MR) is 249 cm³/mol. The fourth-order valence-corrected chi connectivity index (χ4v) is 11.6. The second-order valence-electron chi connectivity index (χ2n) is 18.8. The number of rotatable bonds is 5. The molecule has 0 radical (unpaired) electrons. The van der Waals surface area contributed by atoms with Crippen molar-refractivity contribution >= 4 is 0 Å². The third-order valence-corrected chi connectivity index (χ3v) is 14.6. The van der Waals surface area contributed by atoms with Crippen molar-refractivity contribution in [3.63, 3.8) is 0 Å². The van der Waals surface area contributed by atoms with Crippen molar-refractivity contribution in [3.05, 3.63) is 192 Å². The van der Waals surface area contributed by atoms with Crippen LogP contribution in [-0.2, 0) is 5.41 Å². The first-order valence-electron chi connectivity index (χ1n) is 22.1. The maximum absolute atomic E-state index is 6.93. The number of fused-ring (bicyclic) bond motifs is 8. The molecular formula is C58H48N2O. The van der Waals surface area contributed by atoms with Crippen LogP contribution in [0, 0.1) is 11.3 Å². The van der Waals surface area contributed by atoms with Crippen LogP contribution in [0.4, 0.5) is 0 Å². The monoisotopic (exact) mass is 788 g/mol. The molecule has 4 atom stereocenters. The van der Waals surface area contributed by atoms with Crippen LogP contribution >= 0.6 is 0 Å². The van der Waals surface area contributed by atoms with Crippen molar-refractivity contribution in [1.82, 2.24) is 9.97 Å². The molecule has 12 rings (SSSR count). The Bertz CT molecular complexity index is 3000. The standard InChI is InChI=1S/C58H48N2O/c1-36-29-43-34-58(33-36)35-50(58)47-20-12-19-45(55(47)46-18-11-10-17-44(43)46)41-25-27-48-54(31-41)61-53-28-26-42(30-49(53)57(48,2)3)52-32-51(59-56(60-52)40-15-8-5-9-16-40)39-23-21-38(22-24-39)37-13-6-4-7-14-37/h4-28,30-32,36,43,50H,29,33-35H2,1-3H3. The smallest absolute Gasteiger partial charge is 0.160 e. The maximum Gasteiger partial charge on any atom is 0.160 e. The van der Waals surface area contributed by atoms with E-state index in [1.54, 1.807) is 11.1 Å². The van der Waals surface area contributed by atoms with Gasteiger partial charge in [-0.05, 0) is 124 Å². The molecule has 3 nitrogen and oxygen atoms in total. The molecule has 7 aromatic carbocycles. The molecule has 61 heavy (non-hydrogen) atoms. The van der Waals surface area contributed by atoms with E-state index in [0.717, 1.165) is 51.1 Å². The highest BCUT2D eigenvalue weighted by atomic mass is 16.5. The lowest BCUT2D eigenvalue weighted by molar-refractivity contribution is 0.226. The highest BCUT2D eigenvalue weighted by molar-refractivity contribution is 5.89. The minimum absolute atomic E-state index is 0.310. The molecule has 1 aliphatic heterocycles. The van der Waals surface area contributed by atoms with E-state index >= 15 is 0 Å². The van der Waals surface area contributed by atoms with E-state index < -0.39 is 0 Å². The minimum Gasteiger partial charge on any atom is -0.457 e. The highest BCUT2D eigenvalue weighted by Gasteiger charge is 2.59. The first kappa shape index (κ1) is 36.3. The van der Waals surface area contributed by atoms with E-state index in [1.807, 2.05) is 18.2 Å². The Balaban J connectivity index is 0.920. The SMILES string of the molecule is CC1CC2CC3(C1)CC3c1cccc(-c3ccc4c(c3)Oc3ccc(-c5cc(-c6ccc(-c7ccccc7)cc6)nc(-c6ccccc6)n5)cc3C4(C)C)c1-c1ccccc12. The minimum atomic E-state index is -0.310. The van der Waals surface area contributed by atoms with Crippen molar-refractivity contribution in [1.29, 1.82) is 0 Å². The third kappa shape index (κ3) is 6.00. The summed E-state index contributed by atoms with van der Waals surface area (Å²) in [4.78, 5) is 10.3. The van der Waals surface area contributed by atoms with Crippen LogP contribution in [0.15, 0.2) is 170 Å². The molecular weight excluding hydrogens is 741 g/mol. The predicted octanol–water partition coefficient (Wildman–Crippen LogP) is 15.3. The summed E-state index contributed by atoms with van der Waals surface area (Å²) < 4.78 is 6.93. The van der Waals surface area contributed by atoms with Gasteiger partial charge in [0.2, 0.25) is 0 Å². The van der Waals surface area contributed by atoms with Gasteiger partial charge in [0, 0.05) is 33.2 Å². The molecule has 3 heteroatoms. The third-order valence-electron chi connectivity index (χ3n) is 14.6. The quantitative estimate of drug-likeness (QED) is 0.174.